The van der Waals surface area contributed by atoms with Crippen molar-refractivity contribution in [2.45, 2.75) is 32.7 Å². The van der Waals surface area contributed by atoms with E-state index in [-0.39, 0.29) is 16.9 Å². The summed E-state index contributed by atoms with van der Waals surface area (Å²) in [5.41, 5.74) is 3.18. The number of aryl methyl sites for hydroxylation is 1. The van der Waals surface area contributed by atoms with Crippen molar-refractivity contribution in [3.63, 3.8) is 0 Å². The lowest BCUT2D eigenvalue weighted by atomic mass is 9.97. The van der Waals surface area contributed by atoms with E-state index >= 15 is 0 Å². The van der Waals surface area contributed by atoms with Gasteiger partial charge in [0, 0.05) is 0 Å². The van der Waals surface area contributed by atoms with Gasteiger partial charge in [-0.15, -0.1) is 0 Å². The predicted molar refractivity (Wildman–Crippen MR) is 87.4 cm³/mol. The molecule has 0 saturated heterocycles. The summed E-state index contributed by atoms with van der Waals surface area (Å²) in [5, 5.41) is 3.66. The van der Waals surface area contributed by atoms with Crippen molar-refractivity contribution in [3.05, 3.63) is 70.0 Å². The van der Waals surface area contributed by atoms with Crippen molar-refractivity contribution in [1.82, 2.24) is 5.32 Å². The summed E-state index contributed by atoms with van der Waals surface area (Å²) in [6, 6.07) is 13.3. The van der Waals surface area contributed by atoms with E-state index in [4.69, 9.17) is 11.6 Å². The van der Waals surface area contributed by atoms with Gasteiger partial charge < -0.3 is 5.32 Å². The Kier molecular flexibility index (Phi) is 5.77. The lowest BCUT2D eigenvalue weighted by Gasteiger charge is -2.21. The fourth-order valence-electron chi connectivity index (χ4n) is 2.39. The molecule has 1 nitrogen and oxygen atoms in total. The molecule has 2 aromatic carbocycles. The quantitative estimate of drug-likeness (QED) is 0.780. The van der Waals surface area contributed by atoms with Crippen LogP contribution >= 0.6 is 11.6 Å². The highest BCUT2D eigenvalue weighted by Gasteiger charge is 2.18. The zero-order valence-electron chi connectivity index (χ0n) is 12.5. The Bertz CT molecular complexity index is 580. The third-order valence-corrected chi connectivity index (χ3v) is 4.01. The largest absolute Gasteiger partial charge is 0.306 e. The van der Waals surface area contributed by atoms with Gasteiger partial charge in [0.15, 0.2) is 0 Å². The standard InChI is InChI=1S/C18H21ClFN/c1-3-12-21-18(14-10-8-13(4-2)9-11-14)15-6-5-7-16(20)17(15)19/h5-11,18,21H,3-4,12H2,1-2H3. The van der Waals surface area contributed by atoms with E-state index in [2.05, 4.69) is 43.4 Å². The lowest BCUT2D eigenvalue weighted by molar-refractivity contribution is 0.586. The minimum absolute atomic E-state index is 0.0842. The van der Waals surface area contributed by atoms with Crippen LogP contribution in [0.25, 0.3) is 0 Å². The summed E-state index contributed by atoms with van der Waals surface area (Å²) in [7, 11) is 0. The minimum Gasteiger partial charge on any atom is -0.306 e. The van der Waals surface area contributed by atoms with Gasteiger partial charge in [-0.25, -0.2) is 4.39 Å². The van der Waals surface area contributed by atoms with Crippen LogP contribution in [0.2, 0.25) is 5.02 Å². The van der Waals surface area contributed by atoms with Crippen LogP contribution in [-0.2, 0) is 6.42 Å². The number of nitrogens with one attached hydrogen (secondary N) is 1. The van der Waals surface area contributed by atoms with Crippen LogP contribution < -0.4 is 5.32 Å². The molecule has 0 spiro atoms. The number of hydrogen-bond donors (Lipinski definition) is 1. The maximum absolute atomic E-state index is 13.7. The molecule has 0 aliphatic rings. The minimum atomic E-state index is -0.373. The summed E-state index contributed by atoms with van der Waals surface area (Å²) in [5.74, 6) is -0.373. The fraction of sp³-hybridized carbons (Fsp3) is 0.333. The first-order valence-electron chi connectivity index (χ1n) is 7.43. The number of hydrogen-bond acceptors (Lipinski definition) is 1. The fourth-order valence-corrected chi connectivity index (χ4v) is 2.62. The third kappa shape index (κ3) is 3.84. The van der Waals surface area contributed by atoms with Crippen LogP contribution in [0.1, 0.15) is 43.0 Å². The van der Waals surface area contributed by atoms with Gasteiger partial charge in [-0.05, 0) is 42.1 Å². The van der Waals surface area contributed by atoms with E-state index in [1.807, 2.05) is 6.07 Å². The van der Waals surface area contributed by atoms with Crippen LogP contribution in [0.3, 0.4) is 0 Å². The molecule has 0 bridgehead atoms. The van der Waals surface area contributed by atoms with Crippen LogP contribution in [0.15, 0.2) is 42.5 Å². The van der Waals surface area contributed by atoms with Crippen molar-refractivity contribution >= 4 is 11.6 Å². The van der Waals surface area contributed by atoms with Crippen LogP contribution in [0.5, 0.6) is 0 Å². The Morgan fingerprint density at radius 2 is 1.81 bits per heavy atom. The molecule has 1 unspecified atom stereocenters. The maximum Gasteiger partial charge on any atom is 0.142 e. The zero-order chi connectivity index (χ0) is 15.2. The Morgan fingerprint density at radius 1 is 1.10 bits per heavy atom. The molecule has 0 aromatic heterocycles. The summed E-state index contributed by atoms with van der Waals surface area (Å²) < 4.78 is 13.7. The number of benzene rings is 2. The molecular weight excluding hydrogens is 285 g/mol. The van der Waals surface area contributed by atoms with Gasteiger partial charge in [0.2, 0.25) is 0 Å². The van der Waals surface area contributed by atoms with Gasteiger partial charge in [-0.2, -0.15) is 0 Å². The van der Waals surface area contributed by atoms with Crippen molar-refractivity contribution in [2.24, 2.45) is 0 Å². The molecule has 0 amide bonds. The summed E-state index contributed by atoms with van der Waals surface area (Å²) >= 11 is 6.16. The second kappa shape index (κ2) is 7.58. The Morgan fingerprint density at radius 3 is 2.43 bits per heavy atom. The Balaban J connectivity index is 2.39. The van der Waals surface area contributed by atoms with Gasteiger partial charge >= 0.3 is 0 Å². The van der Waals surface area contributed by atoms with Crippen LogP contribution in [0.4, 0.5) is 4.39 Å². The van der Waals surface area contributed by atoms with E-state index in [0.29, 0.717) is 0 Å². The maximum atomic E-state index is 13.7. The zero-order valence-corrected chi connectivity index (χ0v) is 13.3. The number of rotatable bonds is 6. The molecule has 0 aliphatic carbocycles. The SMILES string of the molecule is CCCNC(c1ccc(CC)cc1)c1cccc(F)c1Cl. The average Bonchev–Trinajstić information content (AvgIpc) is 2.52. The molecule has 3 heteroatoms. The second-order valence-corrected chi connectivity index (χ2v) is 5.50. The van der Waals surface area contributed by atoms with Crippen LogP contribution in [0, 0.1) is 5.82 Å². The van der Waals surface area contributed by atoms with Gasteiger partial charge in [0.25, 0.3) is 0 Å². The normalized spacial score (nSPS) is 12.4. The smallest absolute Gasteiger partial charge is 0.142 e. The van der Waals surface area contributed by atoms with Gasteiger partial charge in [0.1, 0.15) is 5.82 Å². The van der Waals surface area contributed by atoms with E-state index in [1.54, 1.807) is 6.07 Å². The molecule has 0 fully saturated rings. The average molecular weight is 306 g/mol. The molecule has 2 aromatic rings. The monoisotopic (exact) mass is 305 g/mol. The Hall–Kier alpha value is -1.38. The van der Waals surface area contributed by atoms with E-state index in [9.17, 15) is 4.39 Å². The predicted octanol–water partition coefficient (Wildman–Crippen LogP) is 5.13. The number of halogens is 2. The molecule has 0 radical (unpaired) electrons. The van der Waals surface area contributed by atoms with Gasteiger partial charge in [0.05, 0.1) is 11.1 Å². The molecular formula is C18H21ClFN. The van der Waals surface area contributed by atoms with Crippen LogP contribution in [-0.4, -0.2) is 6.54 Å². The summed E-state index contributed by atoms with van der Waals surface area (Å²) in [6.45, 7) is 5.09. The topological polar surface area (TPSA) is 12.0 Å². The highest BCUT2D eigenvalue weighted by molar-refractivity contribution is 6.31. The highest BCUT2D eigenvalue weighted by atomic mass is 35.5. The molecule has 2 rings (SSSR count). The molecule has 1 N–H and O–H groups in total. The van der Waals surface area contributed by atoms with Crippen molar-refractivity contribution in [3.8, 4) is 0 Å². The van der Waals surface area contributed by atoms with E-state index < -0.39 is 0 Å². The van der Waals surface area contributed by atoms with E-state index in [0.717, 1.165) is 30.5 Å². The van der Waals surface area contributed by atoms with Crippen molar-refractivity contribution < 1.29 is 4.39 Å². The molecule has 0 heterocycles. The molecule has 21 heavy (non-hydrogen) atoms. The first-order valence-corrected chi connectivity index (χ1v) is 7.81. The first-order chi connectivity index (χ1) is 10.2. The highest BCUT2D eigenvalue weighted by Crippen LogP contribution is 2.30. The molecule has 0 aliphatic heterocycles. The lowest BCUT2D eigenvalue weighted by Crippen LogP contribution is -2.23. The van der Waals surface area contributed by atoms with Crippen molar-refractivity contribution in [1.29, 1.82) is 0 Å². The molecule has 1 atom stereocenters. The first kappa shape index (κ1) is 16.0. The molecule has 112 valence electrons. The van der Waals surface area contributed by atoms with Gasteiger partial charge in [-0.3, -0.25) is 0 Å². The summed E-state index contributed by atoms with van der Waals surface area (Å²) in [6.07, 6.45) is 2.02. The van der Waals surface area contributed by atoms with E-state index in [1.165, 1.54) is 11.6 Å². The Labute approximate surface area is 131 Å². The molecule has 0 saturated carbocycles. The third-order valence-electron chi connectivity index (χ3n) is 3.61. The summed E-state index contributed by atoms with van der Waals surface area (Å²) in [4.78, 5) is 0. The second-order valence-electron chi connectivity index (χ2n) is 5.13. The van der Waals surface area contributed by atoms with Gasteiger partial charge in [-0.1, -0.05) is 61.8 Å². The van der Waals surface area contributed by atoms with Crippen molar-refractivity contribution in [2.75, 3.05) is 6.54 Å².